The maximum atomic E-state index is 13.0. The van der Waals surface area contributed by atoms with E-state index in [1.807, 2.05) is 42.6 Å². The molecule has 3 fully saturated rings. The SMILES string of the molecule is COc1cc(N2CCOCC2)ccc1Nc1nc(NC2CCCCC2)c2cc[nH]c2n1.COc1cc(N2CCOCC2)ccc1Nc1nc(Nc2ccccc2S(=O)(=O)C(C)C)c2cc[nH]c2n1. The van der Waals surface area contributed by atoms with E-state index in [9.17, 15) is 8.42 Å². The number of sulfone groups is 1. The van der Waals surface area contributed by atoms with E-state index >= 15 is 0 Å². The van der Waals surface area contributed by atoms with Gasteiger partial charge in [0.25, 0.3) is 0 Å². The molecule has 68 heavy (non-hydrogen) atoms. The van der Waals surface area contributed by atoms with Crippen LogP contribution >= 0.6 is 0 Å². The molecule has 4 aromatic heterocycles. The van der Waals surface area contributed by atoms with Gasteiger partial charge in [-0.15, -0.1) is 0 Å². The molecule has 2 saturated heterocycles. The second kappa shape index (κ2) is 21.0. The Morgan fingerprint density at radius 1 is 0.632 bits per heavy atom. The Kier molecular flexibility index (Phi) is 14.3. The molecule has 0 bridgehead atoms. The number of rotatable bonds is 14. The summed E-state index contributed by atoms with van der Waals surface area (Å²) in [7, 11) is -0.195. The van der Waals surface area contributed by atoms with Crippen molar-refractivity contribution in [1.29, 1.82) is 0 Å². The van der Waals surface area contributed by atoms with Gasteiger partial charge in [-0.25, -0.2) is 8.42 Å². The number of aromatic nitrogens is 6. The van der Waals surface area contributed by atoms with Gasteiger partial charge >= 0.3 is 0 Å². The number of fused-ring (bicyclic) bond motifs is 2. The summed E-state index contributed by atoms with van der Waals surface area (Å²) >= 11 is 0. The molecule has 3 aromatic carbocycles. The molecule has 0 atom stereocenters. The Balaban J connectivity index is 0.000000172. The average Bonchev–Trinajstić information content (AvgIpc) is 4.06. The summed E-state index contributed by atoms with van der Waals surface area (Å²) in [6.07, 6.45) is 9.93. The van der Waals surface area contributed by atoms with Crippen LogP contribution < -0.4 is 40.5 Å². The van der Waals surface area contributed by atoms with Crippen LogP contribution in [-0.4, -0.2) is 116 Å². The first-order chi connectivity index (χ1) is 33.2. The number of hydrogen-bond acceptors (Lipinski definition) is 16. The Morgan fingerprint density at radius 3 is 1.68 bits per heavy atom. The zero-order valence-electron chi connectivity index (χ0n) is 39.0. The molecule has 0 unspecified atom stereocenters. The van der Waals surface area contributed by atoms with Crippen molar-refractivity contribution in [2.24, 2.45) is 0 Å². The second-order valence-electron chi connectivity index (χ2n) is 17.2. The van der Waals surface area contributed by atoms with E-state index in [-0.39, 0.29) is 4.90 Å². The largest absolute Gasteiger partial charge is 0.494 e. The molecule has 1 saturated carbocycles. The number of H-pyrrole nitrogens is 2. The number of anilines is 9. The fraction of sp³-hybridized carbons (Fsp3) is 0.388. The zero-order valence-corrected chi connectivity index (χ0v) is 39.8. The lowest BCUT2D eigenvalue weighted by molar-refractivity contribution is 0.122. The summed E-state index contributed by atoms with van der Waals surface area (Å²) in [6.45, 7) is 9.66. The van der Waals surface area contributed by atoms with Crippen LogP contribution in [0.25, 0.3) is 22.1 Å². The Bertz CT molecular complexity index is 2930. The van der Waals surface area contributed by atoms with Crippen molar-refractivity contribution in [2.45, 2.75) is 62.1 Å². The minimum atomic E-state index is -3.51. The monoisotopic (exact) mass is 944 g/mol. The first-order valence-electron chi connectivity index (χ1n) is 23.3. The fourth-order valence-corrected chi connectivity index (χ4v) is 9.88. The van der Waals surface area contributed by atoms with E-state index < -0.39 is 15.1 Å². The molecule has 0 amide bonds. The highest BCUT2D eigenvalue weighted by Crippen LogP contribution is 2.36. The lowest BCUT2D eigenvalue weighted by atomic mass is 9.95. The van der Waals surface area contributed by atoms with E-state index in [2.05, 4.69) is 68.1 Å². The van der Waals surface area contributed by atoms with Crippen molar-refractivity contribution in [3.8, 4) is 11.5 Å². The number of methoxy groups -OCH3 is 2. The third-order valence-electron chi connectivity index (χ3n) is 12.5. The summed E-state index contributed by atoms with van der Waals surface area (Å²) in [5, 5.41) is 14.7. The maximum absolute atomic E-state index is 13.0. The van der Waals surface area contributed by atoms with E-state index in [1.165, 1.54) is 32.1 Å². The molecule has 2 aliphatic heterocycles. The molecule has 358 valence electrons. The van der Waals surface area contributed by atoms with Crippen molar-refractivity contribution >= 4 is 83.9 Å². The molecule has 0 spiro atoms. The predicted molar refractivity (Wildman–Crippen MR) is 269 cm³/mol. The van der Waals surface area contributed by atoms with Gasteiger partial charge in [-0.1, -0.05) is 31.4 Å². The first kappa shape index (κ1) is 46.3. The molecule has 1 aliphatic carbocycles. The fourth-order valence-electron chi connectivity index (χ4n) is 8.68. The van der Waals surface area contributed by atoms with E-state index in [0.29, 0.717) is 59.7 Å². The van der Waals surface area contributed by atoms with Gasteiger partial charge in [-0.2, -0.15) is 19.9 Å². The number of benzene rings is 3. The second-order valence-corrected chi connectivity index (χ2v) is 19.7. The number of morpholine rings is 2. The van der Waals surface area contributed by atoms with Crippen LogP contribution in [0, 0.1) is 0 Å². The highest BCUT2D eigenvalue weighted by atomic mass is 32.2. The van der Waals surface area contributed by atoms with Gasteiger partial charge in [0.2, 0.25) is 11.9 Å². The van der Waals surface area contributed by atoms with Crippen molar-refractivity contribution in [3.63, 3.8) is 0 Å². The summed E-state index contributed by atoms with van der Waals surface area (Å²) < 4.78 is 48.2. The number of ether oxygens (including phenoxy) is 4. The molecule has 18 nitrogen and oxygen atoms in total. The van der Waals surface area contributed by atoms with Gasteiger partial charge < -0.3 is 60.0 Å². The average molecular weight is 945 g/mol. The lowest BCUT2D eigenvalue weighted by Gasteiger charge is -2.29. The highest BCUT2D eigenvalue weighted by Gasteiger charge is 2.24. The molecular formula is C49H60N12O6S. The molecule has 0 radical (unpaired) electrons. The van der Waals surface area contributed by atoms with Crippen LogP contribution in [-0.2, 0) is 19.3 Å². The van der Waals surface area contributed by atoms with Crippen molar-refractivity contribution < 1.29 is 27.4 Å². The summed E-state index contributed by atoms with van der Waals surface area (Å²) in [6, 6.07) is 23.3. The third kappa shape index (κ3) is 10.5. The normalized spacial score (nSPS) is 15.8. The number of hydrogen-bond donors (Lipinski definition) is 6. The van der Waals surface area contributed by atoms with Gasteiger partial charge in [0.05, 0.1) is 78.6 Å². The lowest BCUT2D eigenvalue weighted by Crippen LogP contribution is -2.36. The molecular weight excluding hydrogens is 885 g/mol. The van der Waals surface area contributed by atoms with Gasteiger partial charge in [0.1, 0.15) is 34.4 Å². The van der Waals surface area contributed by atoms with Crippen LogP contribution in [0.1, 0.15) is 46.0 Å². The third-order valence-corrected chi connectivity index (χ3v) is 14.7. The first-order valence-corrected chi connectivity index (χ1v) is 24.8. The van der Waals surface area contributed by atoms with Crippen molar-refractivity contribution in [1.82, 2.24) is 29.9 Å². The molecule has 7 aromatic rings. The molecule has 6 heterocycles. The smallest absolute Gasteiger partial charge is 0.231 e. The van der Waals surface area contributed by atoms with Crippen LogP contribution in [0.2, 0.25) is 0 Å². The molecule has 10 rings (SSSR count). The summed E-state index contributed by atoms with van der Waals surface area (Å²) in [4.78, 5) is 29.9. The van der Waals surface area contributed by atoms with Crippen molar-refractivity contribution in [3.05, 3.63) is 85.2 Å². The van der Waals surface area contributed by atoms with Gasteiger partial charge in [0, 0.05) is 68.1 Å². The number of nitrogens with one attached hydrogen (secondary N) is 6. The van der Waals surface area contributed by atoms with Crippen LogP contribution in [0.4, 0.5) is 52.0 Å². The van der Waals surface area contributed by atoms with Gasteiger partial charge in [0.15, 0.2) is 9.84 Å². The van der Waals surface area contributed by atoms with Gasteiger partial charge in [-0.05, 0) is 75.2 Å². The molecule has 19 heteroatoms. The maximum Gasteiger partial charge on any atom is 0.231 e. The van der Waals surface area contributed by atoms with E-state index in [4.69, 9.17) is 23.9 Å². The minimum Gasteiger partial charge on any atom is -0.494 e. The molecule has 3 aliphatic rings. The Morgan fingerprint density at radius 2 is 1.15 bits per heavy atom. The highest BCUT2D eigenvalue weighted by molar-refractivity contribution is 7.92. The number of nitrogens with zero attached hydrogens (tertiary/aromatic N) is 6. The summed E-state index contributed by atoms with van der Waals surface area (Å²) in [5.41, 5.74) is 5.61. The quantitative estimate of drug-likeness (QED) is 0.0602. The predicted octanol–water partition coefficient (Wildman–Crippen LogP) is 8.76. The minimum absolute atomic E-state index is 0.224. The summed E-state index contributed by atoms with van der Waals surface area (Å²) in [5.74, 6) is 3.65. The zero-order chi connectivity index (χ0) is 47.0. The number of aromatic amines is 2. The van der Waals surface area contributed by atoms with Crippen LogP contribution in [0.5, 0.6) is 11.5 Å². The topological polar surface area (TPSA) is 209 Å². The van der Waals surface area contributed by atoms with Gasteiger partial charge in [-0.3, -0.25) is 0 Å². The Labute approximate surface area is 396 Å². The van der Waals surface area contributed by atoms with Crippen LogP contribution in [0.15, 0.2) is 90.1 Å². The standard InChI is InChI=1S/C26H30N6O4S.C23H30N6O2/c1-17(2)37(33,34)23-7-5-4-6-21(23)28-25-19-10-11-27-24(19)30-26(31-25)29-20-9-8-18(16-22(20)35-3)32-12-14-36-15-13-32;1-30-20-15-17(29-11-13-31-14-12-29)7-8-19(20)26-23-27-21-18(9-10-24-21)22(28-23)25-16-5-3-2-4-6-16/h4-11,16-17H,12-15H2,1-3H3,(H3,27,28,29,30,31);7-10,15-16H,2-6,11-14H2,1H3,(H3,24,25,26,27,28). The van der Waals surface area contributed by atoms with Crippen molar-refractivity contribution in [2.75, 3.05) is 97.9 Å². The molecule has 6 N–H and O–H groups in total. The van der Waals surface area contributed by atoms with Crippen LogP contribution in [0.3, 0.4) is 0 Å². The van der Waals surface area contributed by atoms with E-state index in [1.54, 1.807) is 58.5 Å². The van der Waals surface area contributed by atoms with E-state index in [0.717, 1.165) is 84.4 Å². The Hall–Kier alpha value is -6.83. The number of para-hydroxylation sites is 1.